The molecule has 3 aromatic rings. The Labute approximate surface area is 145 Å². The van der Waals surface area contributed by atoms with Crippen molar-refractivity contribution < 1.29 is 18.8 Å². The van der Waals surface area contributed by atoms with E-state index in [2.05, 4.69) is 15.5 Å². The molecule has 0 fully saturated rings. The highest BCUT2D eigenvalue weighted by molar-refractivity contribution is 7.13. The summed E-state index contributed by atoms with van der Waals surface area (Å²) < 4.78 is 10.0. The Kier molecular flexibility index (Phi) is 5.02. The van der Waals surface area contributed by atoms with Gasteiger partial charge in [0.15, 0.2) is 6.61 Å². The van der Waals surface area contributed by atoms with Crippen molar-refractivity contribution in [2.45, 2.75) is 13.5 Å². The van der Waals surface area contributed by atoms with Crippen LogP contribution in [0.3, 0.4) is 0 Å². The van der Waals surface area contributed by atoms with Gasteiger partial charge in [-0.05, 0) is 30.5 Å². The van der Waals surface area contributed by atoms with Crippen molar-refractivity contribution in [3.63, 3.8) is 0 Å². The van der Waals surface area contributed by atoms with E-state index in [9.17, 15) is 9.59 Å². The van der Waals surface area contributed by atoms with Crippen LogP contribution in [0.1, 0.15) is 20.4 Å². The van der Waals surface area contributed by atoms with Crippen LogP contribution < -0.4 is 5.32 Å². The molecule has 0 aliphatic rings. The molecule has 0 bridgehead atoms. The zero-order chi connectivity index (χ0) is 16.9. The maximum atomic E-state index is 11.8. The molecule has 24 heavy (non-hydrogen) atoms. The van der Waals surface area contributed by atoms with E-state index in [4.69, 9.17) is 9.26 Å². The molecular weight excluding hydrogens is 350 g/mol. The van der Waals surface area contributed by atoms with Crippen LogP contribution in [0.15, 0.2) is 33.5 Å². The number of carbonyl (C=O) groups excluding carboxylic acids is 2. The topological polar surface area (TPSA) is 94.3 Å². The summed E-state index contributed by atoms with van der Waals surface area (Å²) in [6, 6.07) is 5.43. The predicted octanol–water partition coefficient (Wildman–Crippen LogP) is 2.64. The first-order valence-corrected chi connectivity index (χ1v) is 8.73. The summed E-state index contributed by atoms with van der Waals surface area (Å²) in [5.41, 5.74) is 0.847. The molecular formula is C15H13N3O4S2. The van der Waals surface area contributed by atoms with E-state index in [1.54, 1.807) is 6.07 Å². The van der Waals surface area contributed by atoms with Gasteiger partial charge in [-0.3, -0.25) is 9.59 Å². The van der Waals surface area contributed by atoms with Crippen molar-refractivity contribution in [2.75, 3.05) is 6.54 Å². The molecule has 7 nitrogen and oxygen atoms in total. The number of ether oxygens (including phenoxy) is 1. The molecule has 0 spiro atoms. The number of rotatable bonds is 6. The van der Waals surface area contributed by atoms with Gasteiger partial charge in [-0.15, -0.1) is 11.3 Å². The first-order valence-electron chi connectivity index (χ1n) is 6.97. The molecule has 0 unspecified atom stereocenters. The Bertz CT molecular complexity index is 839. The second-order valence-corrected chi connectivity index (χ2v) is 6.85. The van der Waals surface area contributed by atoms with Gasteiger partial charge in [0.05, 0.1) is 4.88 Å². The van der Waals surface area contributed by atoms with Crippen LogP contribution in [0, 0.1) is 6.92 Å². The Balaban J connectivity index is 1.45. The normalized spacial score (nSPS) is 10.5. The fourth-order valence-corrected chi connectivity index (χ4v) is 3.23. The van der Waals surface area contributed by atoms with Crippen LogP contribution in [0.4, 0.5) is 0 Å². The van der Waals surface area contributed by atoms with Crippen molar-refractivity contribution in [1.29, 1.82) is 0 Å². The van der Waals surface area contributed by atoms with Crippen molar-refractivity contribution in [1.82, 2.24) is 15.5 Å². The van der Waals surface area contributed by atoms with Gasteiger partial charge in [0.2, 0.25) is 5.82 Å². The van der Waals surface area contributed by atoms with Crippen LogP contribution in [-0.2, 0) is 16.1 Å². The second-order valence-electron chi connectivity index (χ2n) is 4.78. The van der Waals surface area contributed by atoms with Crippen LogP contribution >= 0.6 is 22.7 Å². The number of aryl methyl sites for hydroxylation is 1. The summed E-state index contributed by atoms with van der Waals surface area (Å²) in [4.78, 5) is 29.2. The lowest BCUT2D eigenvalue weighted by atomic mass is 10.3. The number of amides is 1. The monoisotopic (exact) mass is 363 g/mol. The summed E-state index contributed by atoms with van der Waals surface area (Å²) in [6.07, 6.45) is 0. The van der Waals surface area contributed by atoms with E-state index in [1.165, 1.54) is 22.7 Å². The largest absolute Gasteiger partial charge is 0.454 e. The third-order valence-corrected chi connectivity index (χ3v) is 4.64. The number of nitrogens with one attached hydrogen (secondary N) is 1. The third-order valence-electron chi connectivity index (χ3n) is 2.96. The van der Waals surface area contributed by atoms with Gasteiger partial charge in [-0.25, -0.2) is 0 Å². The summed E-state index contributed by atoms with van der Waals surface area (Å²) in [5.74, 6) is -0.233. The Morgan fingerprint density at radius 2 is 2.21 bits per heavy atom. The minimum atomic E-state index is -0.577. The van der Waals surface area contributed by atoms with E-state index in [0.717, 1.165) is 10.4 Å². The number of carbonyl (C=O) groups is 2. The molecule has 0 aliphatic carbocycles. The highest BCUT2D eigenvalue weighted by Crippen LogP contribution is 2.18. The molecule has 1 N–H and O–H groups in total. The van der Waals surface area contributed by atoms with Crippen LogP contribution in [0.25, 0.3) is 11.4 Å². The van der Waals surface area contributed by atoms with Gasteiger partial charge < -0.3 is 14.6 Å². The molecule has 0 atom stereocenters. The highest BCUT2D eigenvalue weighted by Gasteiger charge is 2.13. The average Bonchev–Trinajstić information content (AvgIpc) is 3.30. The van der Waals surface area contributed by atoms with Crippen molar-refractivity contribution in [3.8, 4) is 11.4 Å². The van der Waals surface area contributed by atoms with E-state index in [-0.39, 0.29) is 24.9 Å². The highest BCUT2D eigenvalue weighted by atomic mass is 32.1. The number of hydrogen-bond donors (Lipinski definition) is 1. The fraction of sp³-hybridized carbons (Fsp3) is 0.200. The zero-order valence-electron chi connectivity index (χ0n) is 12.6. The molecule has 3 aromatic heterocycles. The number of hydrogen-bond acceptors (Lipinski definition) is 8. The average molecular weight is 363 g/mol. The molecule has 0 saturated heterocycles. The number of esters is 1. The first kappa shape index (κ1) is 16.3. The summed E-state index contributed by atoms with van der Waals surface area (Å²) in [6.45, 7) is 1.55. The zero-order valence-corrected chi connectivity index (χ0v) is 14.3. The smallest absolute Gasteiger partial charge is 0.325 e. The van der Waals surface area contributed by atoms with Gasteiger partial charge >= 0.3 is 5.97 Å². The molecule has 0 radical (unpaired) electrons. The van der Waals surface area contributed by atoms with Crippen molar-refractivity contribution in [3.05, 3.63) is 44.6 Å². The maximum absolute atomic E-state index is 11.8. The summed E-state index contributed by atoms with van der Waals surface area (Å²) in [5, 5.41) is 10.1. The quantitative estimate of drug-likeness (QED) is 0.677. The lowest BCUT2D eigenvalue weighted by Crippen LogP contribution is -2.30. The van der Waals surface area contributed by atoms with Crippen LogP contribution in [-0.4, -0.2) is 28.6 Å². The van der Waals surface area contributed by atoms with Gasteiger partial charge in [-0.2, -0.15) is 16.3 Å². The molecule has 124 valence electrons. The first-order chi connectivity index (χ1) is 11.6. The van der Waals surface area contributed by atoms with Crippen molar-refractivity contribution >= 4 is 34.6 Å². The van der Waals surface area contributed by atoms with Gasteiger partial charge in [0.1, 0.15) is 6.54 Å². The molecule has 1 amide bonds. The number of aromatic nitrogens is 2. The number of nitrogens with zero attached hydrogens (tertiary/aromatic N) is 2. The van der Waals surface area contributed by atoms with E-state index in [0.29, 0.717) is 10.7 Å². The fourth-order valence-electron chi connectivity index (χ4n) is 1.81. The summed E-state index contributed by atoms with van der Waals surface area (Å²) in [7, 11) is 0. The standard InChI is InChI=1S/C15H13N3O4S2/c1-9-2-3-11(24-9)15(20)16-6-13(19)21-7-12-17-14(18-22-12)10-4-5-23-8-10/h2-5,8H,6-7H2,1H3,(H,16,20). The third kappa shape index (κ3) is 4.06. The van der Waals surface area contributed by atoms with E-state index in [1.807, 2.05) is 29.8 Å². The molecule has 9 heteroatoms. The van der Waals surface area contributed by atoms with Gasteiger partial charge in [0.25, 0.3) is 11.8 Å². The van der Waals surface area contributed by atoms with E-state index < -0.39 is 5.97 Å². The second kappa shape index (κ2) is 7.37. The Hall–Kier alpha value is -2.52. The molecule has 3 heterocycles. The molecule has 0 saturated carbocycles. The van der Waals surface area contributed by atoms with E-state index >= 15 is 0 Å². The molecule has 3 rings (SSSR count). The molecule has 0 aromatic carbocycles. The maximum Gasteiger partial charge on any atom is 0.325 e. The van der Waals surface area contributed by atoms with Gasteiger partial charge in [-0.1, -0.05) is 5.16 Å². The minimum Gasteiger partial charge on any atom is -0.454 e. The van der Waals surface area contributed by atoms with Crippen LogP contribution in [0.5, 0.6) is 0 Å². The minimum absolute atomic E-state index is 0.135. The molecule has 0 aliphatic heterocycles. The Morgan fingerprint density at radius 1 is 1.33 bits per heavy atom. The SMILES string of the molecule is Cc1ccc(C(=O)NCC(=O)OCc2nc(-c3ccsc3)no2)s1. The number of thiophene rings is 2. The Morgan fingerprint density at radius 3 is 2.92 bits per heavy atom. The van der Waals surface area contributed by atoms with Gasteiger partial charge in [0, 0.05) is 15.8 Å². The lowest BCUT2D eigenvalue weighted by molar-refractivity contribution is -0.144. The summed E-state index contributed by atoms with van der Waals surface area (Å²) >= 11 is 2.89. The van der Waals surface area contributed by atoms with Crippen LogP contribution in [0.2, 0.25) is 0 Å². The van der Waals surface area contributed by atoms with Crippen molar-refractivity contribution in [2.24, 2.45) is 0 Å². The lowest BCUT2D eigenvalue weighted by Gasteiger charge is -2.03. The predicted molar refractivity (Wildman–Crippen MR) is 88.8 cm³/mol.